The molecule has 0 amide bonds. The van der Waals surface area contributed by atoms with Crippen LogP contribution in [0.25, 0.3) is 11.4 Å². The molecule has 0 N–H and O–H groups in total. The Bertz CT molecular complexity index is 495. The minimum Gasteiger partial charge on any atom is -0.465 e. The standard InChI is InChI=1S/C11H12N4O2/c1-2-17-10(16)8-15-11(12-13-14-15)9-6-4-3-5-7-9/h3-7H,2,8H2,1H3. The molecular formula is C11H12N4O2. The van der Waals surface area contributed by atoms with Crippen molar-refractivity contribution in [2.24, 2.45) is 0 Å². The van der Waals surface area contributed by atoms with Crippen LogP contribution in [0.4, 0.5) is 0 Å². The predicted molar refractivity (Wildman–Crippen MR) is 59.9 cm³/mol. The molecule has 0 bridgehead atoms. The van der Waals surface area contributed by atoms with E-state index in [9.17, 15) is 4.79 Å². The zero-order valence-electron chi connectivity index (χ0n) is 9.41. The summed E-state index contributed by atoms with van der Waals surface area (Å²) in [6.45, 7) is 2.13. The van der Waals surface area contributed by atoms with E-state index in [0.717, 1.165) is 5.56 Å². The summed E-state index contributed by atoms with van der Waals surface area (Å²) < 4.78 is 6.27. The molecule has 0 aliphatic rings. The molecule has 0 saturated carbocycles. The van der Waals surface area contributed by atoms with Gasteiger partial charge in [-0.15, -0.1) is 5.10 Å². The van der Waals surface area contributed by atoms with E-state index in [4.69, 9.17) is 4.74 Å². The van der Waals surface area contributed by atoms with Crippen LogP contribution in [-0.4, -0.2) is 32.8 Å². The molecule has 0 atom stereocenters. The number of hydrogen-bond acceptors (Lipinski definition) is 5. The molecule has 88 valence electrons. The smallest absolute Gasteiger partial charge is 0.327 e. The SMILES string of the molecule is CCOC(=O)Cn1nnnc1-c1ccccc1. The summed E-state index contributed by atoms with van der Waals surface area (Å²) in [5.41, 5.74) is 0.863. The molecule has 0 unspecified atom stereocenters. The average molecular weight is 232 g/mol. The van der Waals surface area contributed by atoms with Crippen molar-refractivity contribution in [3.05, 3.63) is 30.3 Å². The van der Waals surface area contributed by atoms with Gasteiger partial charge < -0.3 is 4.74 Å². The van der Waals surface area contributed by atoms with Gasteiger partial charge in [0.25, 0.3) is 0 Å². The Morgan fingerprint density at radius 1 is 1.35 bits per heavy atom. The van der Waals surface area contributed by atoms with Crippen LogP contribution in [0, 0.1) is 0 Å². The molecule has 0 aliphatic carbocycles. The average Bonchev–Trinajstić information content (AvgIpc) is 2.78. The highest BCUT2D eigenvalue weighted by atomic mass is 16.5. The summed E-state index contributed by atoms with van der Waals surface area (Å²) in [6.07, 6.45) is 0. The second-order valence-corrected chi connectivity index (χ2v) is 3.33. The van der Waals surface area contributed by atoms with E-state index in [0.29, 0.717) is 12.4 Å². The lowest BCUT2D eigenvalue weighted by Crippen LogP contribution is -2.15. The third-order valence-corrected chi connectivity index (χ3v) is 2.15. The highest BCUT2D eigenvalue weighted by Crippen LogP contribution is 2.14. The van der Waals surface area contributed by atoms with Gasteiger partial charge in [0.1, 0.15) is 6.54 Å². The number of esters is 1. The summed E-state index contributed by atoms with van der Waals surface area (Å²) in [4.78, 5) is 11.4. The van der Waals surface area contributed by atoms with Crippen molar-refractivity contribution in [1.29, 1.82) is 0 Å². The Morgan fingerprint density at radius 2 is 2.12 bits per heavy atom. The Kier molecular flexibility index (Phi) is 3.44. The lowest BCUT2D eigenvalue weighted by atomic mass is 10.2. The Hall–Kier alpha value is -2.24. The second-order valence-electron chi connectivity index (χ2n) is 3.33. The Balaban J connectivity index is 2.20. The van der Waals surface area contributed by atoms with Crippen molar-refractivity contribution < 1.29 is 9.53 Å². The van der Waals surface area contributed by atoms with Crippen LogP contribution in [0.15, 0.2) is 30.3 Å². The normalized spacial score (nSPS) is 10.2. The molecule has 0 fully saturated rings. The number of carbonyl (C=O) groups is 1. The maximum absolute atomic E-state index is 11.4. The number of aromatic nitrogens is 4. The van der Waals surface area contributed by atoms with Gasteiger partial charge in [-0.05, 0) is 17.4 Å². The van der Waals surface area contributed by atoms with Gasteiger partial charge in [0, 0.05) is 5.56 Å². The Morgan fingerprint density at radius 3 is 2.82 bits per heavy atom. The first kappa shape index (κ1) is 11.3. The van der Waals surface area contributed by atoms with Gasteiger partial charge in [-0.25, -0.2) is 4.68 Å². The van der Waals surface area contributed by atoms with Gasteiger partial charge in [0.2, 0.25) is 0 Å². The molecule has 0 radical (unpaired) electrons. The second kappa shape index (κ2) is 5.20. The topological polar surface area (TPSA) is 69.9 Å². The number of nitrogens with zero attached hydrogens (tertiary/aromatic N) is 4. The maximum atomic E-state index is 11.4. The minimum atomic E-state index is -0.350. The zero-order valence-corrected chi connectivity index (χ0v) is 9.41. The Labute approximate surface area is 98.2 Å². The summed E-state index contributed by atoms with van der Waals surface area (Å²) in [5.74, 6) is 0.204. The molecule has 0 spiro atoms. The number of rotatable bonds is 4. The lowest BCUT2D eigenvalue weighted by Gasteiger charge is -2.04. The number of tetrazole rings is 1. The van der Waals surface area contributed by atoms with E-state index in [1.54, 1.807) is 6.92 Å². The fourth-order valence-corrected chi connectivity index (χ4v) is 1.43. The fourth-order valence-electron chi connectivity index (χ4n) is 1.43. The van der Waals surface area contributed by atoms with Gasteiger partial charge >= 0.3 is 5.97 Å². The van der Waals surface area contributed by atoms with E-state index >= 15 is 0 Å². The number of ether oxygens (including phenoxy) is 1. The van der Waals surface area contributed by atoms with E-state index < -0.39 is 0 Å². The van der Waals surface area contributed by atoms with Crippen molar-refractivity contribution in [3.63, 3.8) is 0 Å². The molecule has 1 aromatic heterocycles. The zero-order chi connectivity index (χ0) is 12.1. The first-order valence-corrected chi connectivity index (χ1v) is 5.28. The predicted octanol–water partition coefficient (Wildman–Crippen LogP) is 0.903. The number of hydrogen-bond donors (Lipinski definition) is 0. The van der Waals surface area contributed by atoms with Gasteiger partial charge in [-0.1, -0.05) is 30.3 Å². The van der Waals surface area contributed by atoms with Gasteiger partial charge in [0.05, 0.1) is 6.61 Å². The highest BCUT2D eigenvalue weighted by molar-refractivity contribution is 5.70. The molecule has 1 heterocycles. The molecule has 17 heavy (non-hydrogen) atoms. The monoisotopic (exact) mass is 232 g/mol. The van der Waals surface area contributed by atoms with Crippen LogP contribution >= 0.6 is 0 Å². The first-order valence-electron chi connectivity index (χ1n) is 5.28. The van der Waals surface area contributed by atoms with Crippen molar-refractivity contribution >= 4 is 5.97 Å². The minimum absolute atomic E-state index is 0.0189. The van der Waals surface area contributed by atoms with Crippen LogP contribution in [0.5, 0.6) is 0 Å². The largest absolute Gasteiger partial charge is 0.465 e. The molecule has 0 saturated heterocycles. The third-order valence-electron chi connectivity index (χ3n) is 2.15. The molecule has 1 aromatic carbocycles. The maximum Gasteiger partial charge on any atom is 0.327 e. The van der Waals surface area contributed by atoms with E-state index in [1.165, 1.54) is 4.68 Å². The molecular weight excluding hydrogens is 220 g/mol. The lowest BCUT2D eigenvalue weighted by molar-refractivity contribution is -0.144. The van der Waals surface area contributed by atoms with Crippen molar-refractivity contribution in [3.8, 4) is 11.4 Å². The van der Waals surface area contributed by atoms with Gasteiger partial charge in [0.15, 0.2) is 5.82 Å². The van der Waals surface area contributed by atoms with Crippen LogP contribution in [0.3, 0.4) is 0 Å². The van der Waals surface area contributed by atoms with Crippen LogP contribution in [0.2, 0.25) is 0 Å². The third kappa shape index (κ3) is 2.66. The summed E-state index contributed by atoms with van der Waals surface area (Å²) >= 11 is 0. The highest BCUT2D eigenvalue weighted by Gasteiger charge is 2.12. The van der Waals surface area contributed by atoms with Gasteiger partial charge in [-0.3, -0.25) is 4.79 Å². The summed E-state index contributed by atoms with van der Waals surface area (Å²) in [7, 11) is 0. The van der Waals surface area contributed by atoms with E-state index in [1.807, 2.05) is 30.3 Å². The number of benzene rings is 1. The molecule has 2 rings (SSSR count). The fraction of sp³-hybridized carbons (Fsp3) is 0.273. The van der Waals surface area contributed by atoms with Gasteiger partial charge in [-0.2, -0.15) is 0 Å². The van der Waals surface area contributed by atoms with Crippen LogP contribution in [-0.2, 0) is 16.1 Å². The quantitative estimate of drug-likeness (QED) is 0.732. The summed E-state index contributed by atoms with van der Waals surface area (Å²) in [6, 6.07) is 9.45. The molecule has 6 nitrogen and oxygen atoms in total. The van der Waals surface area contributed by atoms with Crippen LogP contribution in [0.1, 0.15) is 6.92 Å². The van der Waals surface area contributed by atoms with Crippen molar-refractivity contribution in [1.82, 2.24) is 20.2 Å². The number of carbonyl (C=O) groups excluding carboxylic acids is 1. The molecule has 0 aliphatic heterocycles. The van der Waals surface area contributed by atoms with Crippen molar-refractivity contribution in [2.45, 2.75) is 13.5 Å². The summed E-state index contributed by atoms with van der Waals surface area (Å²) in [5, 5.41) is 11.2. The molecule has 2 aromatic rings. The first-order chi connectivity index (χ1) is 8.31. The van der Waals surface area contributed by atoms with Crippen LogP contribution < -0.4 is 0 Å². The van der Waals surface area contributed by atoms with Crippen molar-refractivity contribution in [2.75, 3.05) is 6.61 Å². The molecule has 6 heteroatoms. The van der Waals surface area contributed by atoms with E-state index in [2.05, 4.69) is 15.5 Å². The van der Waals surface area contributed by atoms with E-state index in [-0.39, 0.29) is 12.5 Å².